The molecule has 0 unspecified atom stereocenters. The number of aliphatic hydroxyl groups is 1. The first-order chi connectivity index (χ1) is 12.2. The molecular weight excluding hydrogens is 338 g/mol. The first-order valence-corrected chi connectivity index (χ1v) is 9.69. The van der Waals surface area contributed by atoms with Crippen LogP contribution in [0.3, 0.4) is 0 Å². The topological polar surface area (TPSA) is 54.4 Å². The third-order valence-electron chi connectivity index (χ3n) is 8.31. The van der Waals surface area contributed by atoms with Crippen LogP contribution in [0.1, 0.15) is 52.4 Å². The molecule has 0 saturated heterocycles. The lowest BCUT2D eigenvalue weighted by Gasteiger charge is -2.57. The molecule has 6 atom stereocenters. The van der Waals surface area contributed by atoms with Crippen molar-refractivity contribution < 1.29 is 23.5 Å². The molecule has 5 heteroatoms. The summed E-state index contributed by atoms with van der Waals surface area (Å²) >= 11 is 0. The predicted molar refractivity (Wildman–Crippen MR) is 92.3 cm³/mol. The van der Waals surface area contributed by atoms with Gasteiger partial charge < -0.3 is 5.11 Å². The summed E-state index contributed by atoms with van der Waals surface area (Å²) < 4.78 is 29.1. The fraction of sp³-hybridized carbons (Fsp3) is 0.714. The van der Waals surface area contributed by atoms with Crippen LogP contribution >= 0.6 is 0 Å². The van der Waals surface area contributed by atoms with Crippen molar-refractivity contribution in [2.45, 2.75) is 52.4 Å². The van der Waals surface area contributed by atoms with E-state index >= 15 is 0 Å². The molecule has 1 N–H and O–H groups in total. The molecule has 4 aliphatic rings. The average molecular weight is 364 g/mol. The van der Waals surface area contributed by atoms with Crippen molar-refractivity contribution in [1.82, 2.24) is 0 Å². The van der Waals surface area contributed by atoms with Crippen molar-refractivity contribution in [3.8, 4) is 0 Å². The van der Waals surface area contributed by atoms with Gasteiger partial charge in [-0.1, -0.05) is 12.5 Å². The van der Waals surface area contributed by atoms with Gasteiger partial charge >= 0.3 is 0 Å². The van der Waals surface area contributed by atoms with Crippen LogP contribution in [0.2, 0.25) is 0 Å². The lowest BCUT2D eigenvalue weighted by molar-refractivity contribution is -0.132. The Bertz CT molecular complexity index is 740. The van der Waals surface area contributed by atoms with Gasteiger partial charge in [0.05, 0.1) is 0 Å². The van der Waals surface area contributed by atoms with Crippen molar-refractivity contribution in [2.75, 3.05) is 6.61 Å². The number of hydrogen-bond donors (Lipinski definition) is 1. The van der Waals surface area contributed by atoms with Crippen molar-refractivity contribution in [3.05, 3.63) is 23.3 Å². The van der Waals surface area contributed by atoms with Crippen molar-refractivity contribution in [3.63, 3.8) is 0 Å². The highest BCUT2D eigenvalue weighted by molar-refractivity contribution is 6.04. The van der Waals surface area contributed by atoms with E-state index in [1.807, 2.05) is 0 Å². The molecule has 0 bridgehead atoms. The Labute approximate surface area is 152 Å². The van der Waals surface area contributed by atoms with Crippen LogP contribution in [0.25, 0.3) is 0 Å². The number of rotatable bonds is 2. The molecule has 0 aromatic carbocycles. The maximum Gasteiger partial charge on any atom is 0.216 e. The summed E-state index contributed by atoms with van der Waals surface area (Å²) in [5.41, 5.74) is -0.462. The third kappa shape index (κ3) is 2.12. The summed E-state index contributed by atoms with van der Waals surface area (Å²) in [6.45, 7) is 3.48. The second-order valence-corrected chi connectivity index (χ2v) is 9.08. The first-order valence-electron chi connectivity index (χ1n) is 9.69. The average Bonchev–Trinajstić information content (AvgIpc) is 2.98. The summed E-state index contributed by atoms with van der Waals surface area (Å²) in [5, 5.41) is 9.33. The quantitative estimate of drug-likeness (QED) is 0.804. The van der Waals surface area contributed by atoms with Crippen LogP contribution in [0.15, 0.2) is 23.3 Å². The van der Waals surface area contributed by atoms with E-state index in [-0.39, 0.29) is 34.9 Å². The summed E-state index contributed by atoms with van der Waals surface area (Å²) in [6.07, 6.45) is 5.94. The molecule has 0 aliphatic heterocycles. The summed E-state index contributed by atoms with van der Waals surface area (Å²) in [4.78, 5) is 24.0. The van der Waals surface area contributed by atoms with Gasteiger partial charge in [0, 0.05) is 11.3 Å². The zero-order chi connectivity index (χ0) is 18.9. The Morgan fingerprint density at radius 1 is 1.19 bits per heavy atom. The SMILES string of the molecule is C[C@@]12C(=CC(=O)C(F)=C1F)CC[C@@H]1[C@@H]2CC[C@]2(C)[C@@H](C(=O)CO)CC[C@@H]12. The fourth-order valence-electron chi connectivity index (χ4n) is 6.95. The third-order valence-corrected chi connectivity index (χ3v) is 8.31. The highest BCUT2D eigenvalue weighted by Gasteiger charge is 2.61. The largest absolute Gasteiger partial charge is 0.389 e. The molecule has 3 saturated carbocycles. The molecule has 142 valence electrons. The van der Waals surface area contributed by atoms with E-state index in [1.165, 1.54) is 6.08 Å². The summed E-state index contributed by atoms with van der Waals surface area (Å²) in [5.74, 6) is -2.72. The van der Waals surface area contributed by atoms with Crippen molar-refractivity contribution in [2.24, 2.45) is 34.5 Å². The number of Topliss-reactive ketones (excluding diaryl/α,β-unsaturated/α-hetero) is 1. The Morgan fingerprint density at radius 3 is 2.62 bits per heavy atom. The zero-order valence-corrected chi connectivity index (χ0v) is 15.4. The lowest BCUT2D eigenvalue weighted by Crippen LogP contribution is -2.51. The Hall–Kier alpha value is -1.36. The second-order valence-electron chi connectivity index (χ2n) is 9.08. The second kappa shape index (κ2) is 5.82. The highest BCUT2D eigenvalue weighted by atomic mass is 19.2. The van der Waals surface area contributed by atoms with Crippen molar-refractivity contribution >= 4 is 11.6 Å². The fourth-order valence-corrected chi connectivity index (χ4v) is 6.95. The molecular formula is C21H26F2O3. The van der Waals surface area contributed by atoms with Gasteiger partial charge in [0.2, 0.25) is 11.6 Å². The van der Waals surface area contributed by atoms with Gasteiger partial charge in [0.15, 0.2) is 5.78 Å². The number of aliphatic hydroxyl groups excluding tert-OH is 1. The summed E-state index contributed by atoms with van der Waals surface area (Å²) in [7, 11) is 0. The Kier molecular flexibility index (Phi) is 4.03. The molecule has 0 spiro atoms. The standard InChI is InChI=1S/C21H26F2O3/c1-20-8-7-14-12(13(20)5-6-15(20)17(26)10-24)4-3-11-9-16(25)18(22)19(23)21(11,14)2/h9,12-15,24H,3-8,10H2,1-2H3/t12-,13-,14-,15+,20-,21-/m0/s1. The monoisotopic (exact) mass is 364 g/mol. The number of fused-ring (bicyclic) bond motifs is 5. The Morgan fingerprint density at radius 2 is 1.92 bits per heavy atom. The highest BCUT2D eigenvalue weighted by Crippen LogP contribution is 2.67. The number of ketones is 2. The van der Waals surface area contributed by atoms with E-state index in [4.69, 9.17) is 0 Å². The van der Waals surface area contributed by atoms with E-state index in [0.717, 1.165) is 37.7 Å². The van der Waals surface area contributed by atoms with Gasteiger partial charge in [-0.25, -0.2) is 4.39 Å². The normalized spacial score (nSPS) is 45.0. The molecule has 4 rings (SSSR count). The van der Waals surface area contributed by atoms with E-state index in [1.54, 1.807) is 6.92 Å². The molecule has 26 heavy (non-hydrogen) atoms. The van der Waals surface area contributed by atoms with Gasteiger partial charge in [-0.3, -0.25) is 9.59 Å². The van der Waals surface area contributed by atoms with Crippen LogP contribution < -0.4 is 0 Å². The van der Waals surface area contributed by atoms with E-state index in [9.17, 15) is 23.5 Å². The molecule has 3 fully saturated rings. The predicted octanol–water partition coefficient (Wildman–Crippen LogP) is 4.07. The maximum absolute atomic E-state index is 15.0. The minimum Gasteiger partial charge on any atom is -0.389 e. The van der Waals surface area contributed by atoms with Crippen LogP contribution in [0.4, 0.5) is 8.78 Å². The lowest BCUT2D eigenvalue weighted by atomic mass is 9.47. The molecule has 3 nitrogen and oxygen atoms in total. The number of carbonyl (C=O) groups excluding carboxylic acids is 2. The molecule has 0 heterocycles. The van der Waals surface area contributed by atoms with E-state index in [2.05, 4.69) is 6.92 Å². The van der Waals surface area contributed by atoms with Crippen LogP contribution in [-0.2, 0) is 9.59 Å². The number of hydrogen-bond acceptors (Lipinski definition) is 3. The maximum atomic E-state index is 15.0. The smallest absolute Gasteiger partial charge is 0.216 e. The molecule has 0 amide bonds. The van der Waals surface area contributed by atoms with Gasteiger partial charge in [-0.05, 0) is 74.7 Å². The van der Waals surface area contributed by atoms with Crippen LogP contribution in [0.5, 0.6) is 0 Å². The minimum atomic E-state index is -1.23. The molecule has 4 aliphatic carbocycles. The van der Waals surface area contributed by atoms with Crippen molar-refractivity contribution in [1.29, 1.82) is 0 Å². The minimum absolute atomic E-state index is 0.0394. The molecule has 0 radical (unpaired) electrons. The van der Waals surface area contributed by atoms with Crippen LogP contribution in [0, 0.1) is 34.5 Å². The van der Waals surface area contributed by atoms with E-state index in [0.29, 0.717) is 6.42 Å². The van der Waals surface area contributed by atoms with Gasteiger partial charge in [-0.2, -0.15) is 4.39 Å². The van der Waals surface area contributed by atoms with Crippen LogP contribution in [-0.4, -0.2) is 23.3 Å². The Balaban J connectivity index is 1.71. The van der Waals surface area contributed by atoms with Gasteiger partial charge in [0.1, 0.15) is 12.4 Å². The first kappa shape index (κ1) is 18.0. The molecule has 0 aromatic heterocycles. The number of allylic oxidation sites excluding steroid dienone is 4. The van der Waals surface area contributed by atoms with Gasteiger partial charge in [0.25, 0.3) is 0 Å². The van der Waals surface area contributed by atoms with E-state index < -0.39 is 29.5 Å². The zero-order valence-electron chi connectivity index (χ0n) is 15.4. The number of carbonyl (C=O) groups is 2. The molecule has 0 aromatic rings. The van der Waals surface area contributed by atoms with Gasteiger partial charge in [-0.15, -0.1) is 0 Å². The number of halogens is 2. The summed E-state index contributed by atoms with van der Waals surface area (Å²) in [6, 6.07) is 0.